The van der Waals surface area contributed by atoms with E-state index in [-0.39, 0.29) is 0 Å². The summed E-state index contributed by atoms with van der Waals surface area (Å²) < 4.78 is 0. The third kappa shape index (κ3) is 2.41. The molecule has 1 aromatic carbocycles. The maximum atomic E-state index is 8.79. The molecule has 0 amide bonds. The Morgan fingerprint density at radius 3 is 2.76 bits per heavy atom. The van der Waals surface area contributed by atoms with E-state index in [4.69, 9.17) is 28.5 Å². The summed E-state index contributed by atoms with van der Waals surface area (Å²) in [5, 5.41) is 9.77. The molecular weight excluding hydrogens is 255 g/mol. The van der Waals surface area contributed by atoms with Crippen molar-refractivity contribution in [1.82, 2.24) is 4.98 Å². The Morgan fingerprint density at radius 1 is 1.18 bits per heavy atom. The van der Waals surface area contributed by atoms with E-state index in [2.05, 4.69) is 11.1 Å². The first-order chi connectivity index (χ1) is 8.24. The summed E-state index contributed by atoms with van der Waals surface area (Å²) in [5.74, 6) is 0. The van der Waals surface area contributed by atoms with Crippen molar-refractivity contribution in [2.75, 3.05) is 0 Å². The quantitative estimate of drug-likeness (QED) is 0.817. The molecule has 0 atom stereocenters. The lowest BCUT2D eigenvalue weighted by Crippen LogP contribution is -1.90. The minimum Gasteiger partial charge on any atom is -0.264 e. The van der Waals surface area contributed by atoms with Crippen LogP contribution in [0.25, 0.3) is 11.1 Å². The average molecular weight is 263 g/mol. The predicted molar refractivity (Wildman–Crippen MR) is 69.0 cm³/mol. The number of nitrogens with zero attached hydrogens (tertiary/aromatic N) is 2. The minimum atomic E-state index is 0.320. The number of halogens is 2. The zero-order valence-electron chi connectivity index (χ0n) is 8.82. The molecule has 0 bridgehead atoms. The van der Waals surface area contributed by atoms with Gasteiger partial charge in [-0.2, -0.15) is 5.26 Å². The van der Waals surface area contributed by atoms with Gasteiger partial charge in [-0.1, -0.05) is 35.3 Å². The molecule has 84 valence electrons. The fourth-order valence-electron chi connectivity index (χ4n) is 1.62. The number of benzene rings is 1. The number of rotatable bonds is 2. The third-order valence-corrected chi connectivity index (χ3v) is 3.24. The van der Waals surface area contributed by atoms with Crippen molar-refractivity contribution in [3.05, 3.63) is 52.3 Å². The molecule has 0 saturated carbocycles. The van der Waals surface area contributed by atoms with Gasteiger partial charge in [-0.3, -0.25) is 4.98 Å². The van der Waals surface area contributed by atoms with Crippen molar-refractivity contribution in [3.63, 3.8) is 0 Å². The Bertz CT molecular complexity index is 588. The predicted octanol–water partition coefficient (Wildman–Crippen LogP) is 4.12. The van der Waals surface area contributed by atoms with Crippen LogP contribution in [-0.2, 0) is 6.42 Å². The van der Waals surface area contributed by atoms with Crippen molar-refractivity contribution in [3.8, 4) is 17.2 Å². The molecule has 0 fully saturated rings. The first-order valence-corrected chi connectivity index (χ1v) is 5.74. The number of hydrogen-bond donors (Lipinski definition) is 0. The summed E-state index contributed by atoms with van der Waals surface area (Å²) in [4.78, 5) is 4.06. The highest BCUT2D eigenvalue weighted by Gasteiger charge is 2.10. The first kappa shape index (κ1) is 11.9. The zero-order chi connectivity index (χ0) is 12.3. The molecule has 17 heavy (non-hydrogen) atoms. The largest absolute Gasteiger partial charge is 0.264 e. The Kier molecular flexibility index (Phi) is 3.63. The Morgan fingerprint density at radius 2 is 2.00 bits per heavy atom. The Hall–Kier alpha value is -1.56. The molecule has 1 heterocycles. The van der Waals surface area contributed by atoms with Gasteiger partial charge in [0.05, 0.1) is 22.5 Å². The summed E-state index contributed by atoms with van der Waals surface area (Å²) in [5.41, 5.74) is 2.55. The number of nitriles is 1. The van der Waals surface area contributed by atoms with E-state index in [1.165, 1.54) is 0 Å². The molecule has 2 aromatic rings. The fourth-order valence-corrected chi connectivity index (χ4v) is 2.02. The van der Waals surface area contributed by atoms with Crippen LogP contribution in [0.4, 0.5) is 0 Å². The second-order valence-electron chi connectivity index (χ2n) is 3.47. The highest BCUT2D eigenvalue weighted by atomic mass is 35.5. The highest BCUT2D eigenvalue weighted by Crippen LogP contribution is 2.34. The van der Waals surface area contributed by atoms with Gasteiger partial charge < -0.3 is 0 Å². The van der Waals surface area contributed by atoms with Gasteiger partial charge in [-0.05, 0) is 17.7 Å². The molecule has 0 saturated heterocycles. The monoisotopic (exact) mass is 262 g/mol. The van der Waals surface area contributed by atoms with Crippen LogP contribution in [0.5, 0.6) is 0 Å². The van der Waals surface area contributed by atoms with Crippen LogP contribution in [0.3, 0.4) is 0 Å². The van der Waals surface area contributed by atoms with E-state index in [9.17, 15) is 0 Å². The normalized spacial score (nSPS) is 9.94. The van der Waals surface area contributed by atoms with Gasteiger partial charge in [0.25, 0.3) is 0 Å². The van der Waals surface area contributed by atoms with E-state index in [0.29, 0.717) is 16.5 Å². The highest BCUT2D eigenvalue weighted by molar-refractivity contribution is 6.43. The van der Waals surface area contributed by atoms with Crippen molar-refractivity contribution < 1.29 is 0 Å². The van der Waals surface area contributed by atoms with Crippen LogP contribution in [0, 0.1) is 11.3 Å². The second-order valence-corrected chi connectivity index (χ2v) is 4.25. The van der Waals surface area contributed by atoms with E-state index < -0.39 is 0 Å². The molecule has 2 nitrogen and oxygen atoms in total. The standard InChI is InChI=1S/C13H8Cl2N2/c14-12-3-1-2-10(13(12)15)11-8-17-7-5-9(11)4-6-16/h1-3,5,7-8H,4H2. The third-order valence-electron chi connectivity index (χ3n) is 2.42. The number of aromatic nitrogens is 1. The molecular formula is C13H8Cl2N2. The van der Waals surface area contributed by atoms with Crippen molar-refractivity contribution in [2.45, 2.75) is 6.42 Å². The minimum absolute atomic E-state index is 0.320. The van der Waals surface area contributed by atoms with E-state index in [1.54, 1.807) is 18.5 Å². The van der Waals surface area contributed by atoms with Crippen LogP contribution in [0.15, 0.2) is 36.7 Å². The molecule has 0 radical (unpaired) electrons. The molecule has 4 heteroatoms. The van der Waals surface area contributed by atoms with Gasteiger partial charge in [0.1, 0.15) is 0 Å². The molecule has 0 aliphatic carbocycles. The summed E-state index contributed by atoms with van der Waals surface area (Å²) in [7, 11) is 0. The molecule has 0 unspecified atom stereocenters. The smallest absolute Gasteiger partial charge is 0.0671 e. The van der Waals surface area contributed by atoms with Gasteiger partial charge >= 0.3 is 0 Å². The number of pyridine rings is 1. The lowest BCUT2D eigenvalue weighted by atomic mass is 10.0. The molecule has 1 aromatic heterocycles. The van der Waals surface area contributed by atoms with Gasteiger partial charge in [-0.15, -0.1) is 0 Å². The molecule has 0 aliphatic rings. The summed E-state index contributed by atoms with van der Waals surface area (Å²) in [6, 6.07) is 9.36. The maximum absolute atomic E-state index is 8.79. The maximum Gasteiger partial charge on any atom is 0.0671 e. The van der Waals surface area contributed by atoms with Crippen LogP contribution in [0.1, 0.15) is 5.56 Å². The SMILES string of the molecule is N#CCc1ccncc1-c1cccc(Cl)c1Cl. The van der Waals surface area contributed by atoms with Gasteiger partial charge in [-0.25, -0.2) is 0 Å². The van der Waals surface area contributed by atoms with Crippen molar-refractivity contribution >= 4 is 23.2 Å². The van der Waals surface area contributed by atoms with E-state index in [1.807, 2.05) is 18.2 Å². The fraction of sp³-hybridized carbons (Fsp3) is 0.0769. The summed E-state index contributed by atoms with van der Waals surface area (Å²) in [6.45, 7) is 0. The van der Waals surface area contributed by atoms with Gasteiger partial charge in [0, 0.05) is 23.5 Å². The molecule has 0 spiro atoms. The lowest BCUT2D eigenvalue weighted by molar-refractivity contribution is 1.21. The zero-order valence-corrected chi connectivity index (χ0v) is 10.3. The van der Waals surface area contributed by atoms with Crippen LogP contribution in [-0.4, -0.2) is 4.98 Å². The Labute approximate surface area is 109 Å². The number of hydrogen-bond acceptors (Lipinski definition) is 2. The first-order valence-electron chi connectivity index (χ1n) is 4.98. The van der Waals surface area contributed by atoms with Crippen LogP contribution in [0.2, 0.25) is 10.0 Å². The second kappa shape index (κ2) is 5.18. The van der Waals surface area contributed by atoms with Crippen molar-refractivity contribution in [1.29, 1.82) is 5.26 Å². The molecule has 2 rings (SSSR count). The summed E-state index contributed by atoms with van der Waals surface area (Å²) in [6.07, 6.45) is 3.68. The Balaban J connectivity index is 2.61. The van der Waals surface area contributed by atoms with E-state index in [0.717, 1.165) is 16.7 Å². The van der Waals surface area contributed by atoms with Gasteiger partial charge in [0.15, 0.2) is 0 Å². The van der Waals surface area contributed by atoms with Crippen molar-refractivity contribution in [2.24, 2.45) is 0 Å². The average Bonchev–Trinajstić information content (AvgIpc) is 2.34. The molecule has 0 aliphatic heterocycles. The van der Waals surface area contributed by atoms with Crippen LogP contribution < -0.4 is 0 Å². The van der Waals surface area contributed by atoms with Crippen LogP contribution >= 0.6 is 23.2 Å². The molecule has 0 N–H and O–H groups in total. The lowest BCUT2D eigenvalue weighted by Gasteiger charge is -2.09. The van der Waals surface area contributed by atoms with E-state index >= 15 is 0 Å². The topological polar surface area (TPSA) is 36.7 Å². The summed E-state index contributed by atoms with van der Waals surface area (Å²) >= 11 is 12.1. The van der Waals surface area contributed by atoms with Gasteiger partial charge in [0.2, 0.25) is 0 Å².